The van der Waals surface area contributed by atoms with Crippen LogP contribution >= 0.6 is 0 Å². The number of rotatable bonds is 5. The largest absolute Gasteiger partial charge is 0.378 e. The minimum atomic E-state index is 0.250. The van der Waals surface area contributed by atoms with Gasteiger partial charge in [0.05, 0.1) is 6.04 Å². The van der Waals surface area contributed by atoms with E-state index in [-0.39, 0.29) is 6.04 Å². The summed E-state index contributed by atoms with van der Waals surface area (Å²) in [5.74, 6) is 0. The molecule has 2 heteroatoms. The number of nitrogens with zero attached hydrogens (tertiary/aromatic N) is 1. The summed E-state index contributed by atoms with van der Waals surface area (Å²) >= 11 is 0. The summed E-state index contributed by atoms with van der Waals surface area (Å²) in [7, 11) is 4.15. The van der Waals surface area contributed by atoms with E-state index in [4.69, 9.17) is 0 Å². The van der Waals surface area contributed by atoms with Gasteiger partial charge in [-0.1, -0.05) is 48.9 Å². The zero-order valence-electron chi connectivity index (χ0n) is 12.9. The molecule has 20 heavy (non-hydrogen) atoms. The molecule has 0 heterocycles. The van der Waals surface area contributed by atoms with Gasteiger partial charge in [0, 0.05) is 19.8 Å². The number of hydrogen-bond donors (Lipinski definition) is 1. The van der Waals surface area contributed by atoms with Crippen LogP contribution in [-0.4, -0.2) is 20.6 Å². The maximum atomic E-state index is 3.58. The predicted octanol–water partition coefficient (Wildman–Crippen LogP) is 3.76. The van der Waals surface area contributed by atoms with Gasteiger partial charge in [-0.05, 0) is 36.7 Å². The standard InChI is InChI=1S/C18H24N2/c1-5-19-18(15-11-9-14(2)10-12-15)16-7-6-8-17(13-16)20(3)4/h6-13,18-19H,5H2,1-4H3. The van der Waals surface area contributed by atoms with Gasteiger partial charge in [-0.25, -0.2) is 0 Å². The Morgan fingerprint density at radius 3 is 2.30 bits per heavy atom. The number of benzene rings is 2. The van der Waals surface area contributed by atoms with E-state index >= 15 is 0 Å². The lowest BCUT2D eigenvalue weighted by molar-refractivity contribution is 0.630. The highest BCUT2D eigenvalue weighted by atomic mass is 15.1. The molecule has 2 nitrogen and oxygen atoms in total. The average Bonchev–Trinajstić information content (AvgIpc) is 2.46. The summed E-state index contributed by atoms with van der Waals surface area (Å²) in [6.07, 6.45) is 0. The third-order valence-corrected chi connectivity index (χ3v) is 3.54. The zero-order valence-corrected chi connectivity index (χ0v) is 12.9. The van der Waals surface area contributed by atoms with Crippen molar-refractivity contribution in [2.75, 3.05) is 25.5 Å². The van der Waals surface area contributed by atoms with Gasteiger partial charge in [-0.2, -0.15) is 0 Å². The second kappa shape index (κ2) is 6.58. The zero-order chi connectivity index (χ0) is 14.5. The van der Waals surface area contributed by atoms with Crippen LogP contribution in [0.15, 0.2) is 48.5 Å². The van der Waals surface area contributed by atoms with Crippen LogP contribution in [0.5, 0.6) is 0 Å². The summed E-state index contributed by atoms with van der Waals surface area (Å²) in [4.78, 5) is 2.14. The number of aryl methyl sites for hydroxylation is 1. The van der Waals surface area contributed by atoms with Crippen molar-refractivity contribution in [1.82, 2.24) is 5.32 Å². The van der Waals surface area contributed by atoms with Crippen LogP contribution in [0.4, 0.5) is 5.69 Å². The van der Waals surface area contributed by atoms with Crippen LogP contribution in [0.3, 0.4) is 0 Å². The first-order chi connectivity index (χ1) is 9.61. The summed E-state index contributed by atoms with van der Waals surface area (Å²) in [6.45, 7) is 5.22. The lowest BCUT2D eigenvalue weighted by Gasteiger charge is -2.21. The van der Waals surface area contributed by atoms with Gasteiger partial charge in [-0.3, -0.25) is 0 Å². The topological polar surface area (TPSA) is 15.3 Å². The molecule has 0 aliphatic heterocycles. The summed E-state index contributed by atoms with van der Waals surface area (Å²) in [5.41, 5.74) is 5.15. The van der Waals surface area contributed by atoms with Crippen molar-refractivity contribution < 1.29 is 0 Å². The van der Waals surface area contributed by atoms with Gasteiger partial charge in [0.1, 0.15) is 0 Å². The second-order valence-electron chi connectivity index (χ2n) is 5.39. The first kappa shape index (κ1) is 14.6. The van der Waals surface area contributed by atoms with Gasteiger partial charge in [0.15, 0.2) is 0 Å². The van der Waals surface area contributed by atoms with E-state index in [0.717, 1.165) is 6.54 Å². The summed E-state index contributed by atoms with van der Waals surface area (Å²) in [5, 5.41) is 3.58. The second-order valence-corrected chi connectivity index (χ2v) is 5.39. The predicted molar refractivity (Wildman–Crippen MR) is 87.5 cm³/mol. The molecule has 2 aromatic carbocycles. The van der Waals surface area contributed by atoms with E-state index in [1.54, 1.807) is 0 Å². The highest BCUT2D eigenvalue weighted by Gasteiger charge is 2.13. The van der Waals surface area contributed by atoms with E-state index in [0.29, 0.717) is 0 Å². The van der Waals surface area contributed by atoms with Crippen LogP contribution in [0.1, 0.15) is 29.7 Å². The van der Waals surface area contributed by atoms with E-state index in [2.05, 4.69) is 86.7 Å². The Balaban J connectivity index is 2.37. The van der Waals surface area contributed by atoms with Gasteiger partial charge >= 0.3 is 0 Å². The fraction of sp³-hybridized carbons (Fsp3) is 0.333. The first-order valence-corrected chi connectivity index (χ1v) is 7.19. The molecule has 1 atom stereocenters. The SMILES string of the molecule is CCNC(c1ccc(C)cc1)c1cccc(N(C)C)c1. The van der Waals surface area contributed by atoms with E-state index in [1.807, 2.05) is 0 Å². The van der Waals surface area contributed by atoms with Gasteiger partial charge in [-0.15, -0.1) is 0 Å². The number of nitrogens with one attached hydrogen (secondary N) is 1. The Labute approximate surface area is 122 Å². The van der Waals surface area contributed by atoms with E-state index < -0.39 is 0 Å². The molecule has 0 fully saturated rings. The molecule has 0 radical (unpaired) electrons. The molecule has 2 aromatic rings. The van der Waals surface area contributed by atoms with Gasteiger partial charge in [0.2, 0.25) is 0 Å². The number of anilines is 1. The molecule has 1 unspecified atom stereocenters. The lowest BCUT2D eigenvalue weighted by atomic mass is 9.97. The van der Waals surface area contributed by atoms with Crippen molar-refractivity contribution >= 4 is 5.69 Å². The van der Waals surface area contributed by atoms with Crippen LogP contribution in [-0.2, 0) is 0 Å². The molecule has 0 saturated carbocycles. The van der Waals surface area contributed by atoms with Crippen molar-refractivity contribution in [2.45, 2.75) is 19.9 Å². The van der Waals surface area contributed by atoms with Gasteiger partial charge in [0.25, 0.3) is 0 Å². The first-order valence-electron chi connectivity index (χ1n) is 7.19. The van der Waals surface area contributed by atoms with Gasteiger partial charge < -0.3 is 10.2 Å². The fourth-order valence-electron chi connectivity index (χ4n) is 2.37. The molecule has 0 aliphatic rings. The molecule has 0 bridgehead atoms. The highest BCUT2D eigenvalue weighted by molar-refractivity contribution is 5.49. The lowest BCUT2D eigenvalue weighted by Crippen LogP contribution is -2.22. The smallest absolute Gasteiger partial charge is 0.0577 e. The molecular formula is C18H24N2. The quantitative estimate of drug-likeness (QED) is 0.888. The normalized spacial score (nSPS) is 12.2. The fourth-order valence-corrected chi connectivity index (χ4v) is 2.37. The minimum absolute atomic E-state index is 0.250. The maximum Gasteiger partial charge on any atom is 0.0577 e. The Kier molecular flexibility index (Phi) is 4.80. The Morgan fingerprint density at radius 1 is 1.00 bits per heavy atom. The van der Waals surface area contributed by atoms with Crippen LogP contribution < -0.4 is 10.2 Å². The van der Waals surface area contributed by atoms with Crippen LogP contribution in [0.2, 0.25) is 0 Å². The van der Waals surface area contributed by atoms with E-state index in [9.17, 15) is 0 Å². The molecule has 2 rings (SSSR count). The van der Waals surface area contributed by atoms with Crippen molar-refractivity contribution in [3.05, 3.63) is 65.2 Å². The minimum Gasteiger partial charge on any atom is -0.378 e. The molecule has 1 N–H and O–H groups in total. The molecule has 0 aliphatic carbocycles. The molecule has 0 aromatic heterocycles. The third kappa shape index (κ3) is 3.40. The highest BCUT2D eigenvalue weighted by Crippen LogP contribution is 2.25. The van der Waals surface area contributed by atoms with Crippen molar-refractivity contribution in [3.8, 4) is 0 Å². The van der Waals surface area contributed by atoms with Crippen LogP contribution in [0.25, 0.3) is 0 Å². The maximum absolute atomic E-state index is 3.58. The molecule has 0 amide bonds. The average molecular weight is 268 g/mol. The number of hydrogen-bond acceptors (Lipinski definition) is 2. The van der Waals surface area contributed by atoms with E-state index in [1.165, 1.54) is 22.4 Å². The summed E-state index contributed by atoms with van der Waals surface area (Å²) < 4.78 is 0. The monoisotopic (exact) mass is 268 g/mol. The van der Waals surface area contributed by atoms with Crippen molar-refractivity contribution in [2.24, 2.45) is 0 Å². The molecular weight excluding hydrogens is 244 g/mol. The Bertz CT molecular complexity index is 544. The van der Waals surface area contributed by atoms with Crippen LogP contribution in [0, 0.1) is 6.92 Å². The Hall–Kier alpha value is -1.80. The third-order valence-electron chi connectivity index (χ3n) is 3.54. The molecule has 0 spiro atoms. The van der Waals surface area contributed by atoms with Crippen molar-refractivity contribution in [1.29, 1.82) is 0 Å². The molecule has 0 saturated heterocycles. The van der Waals surface area contributed by atoms with Crippen molar-refractivity contribution in [3.63, 3.8) is 0 Å². The summed E-state index contributed by atoms with van der Waals surface area (Å²) in [6, 6.07) is 17.7. The molecule has 106 valence electrons. The Morgan fingerprint density at radius 2 is 1.70 bits per heavy atom.